The fourth-order valence-corrected chi connectivity index (χ4v) is 2.36. The Balaban J connectivity index is 2.02. The van der Waals surface area contributed by atoms with Crippen molar-refractivity contribution in [1.82, 2.24) is 9.88 Å². The molecule has 114 valence electrons. The molecule has 1 unspecified atom stereocenters. The van der Waals surface area contributed by atoms with E-state index in [0.717, 1.165) is 5.69 Å². The molecule has 0 aromatic carbocycles. The third-order valence-electron chi connectivity index (χ3n) is 3.72. The molecule has 7 nitrogen and oxygen atoms in total. The summed E-state index contributed by atoms with van der Waals surface area (Å²) in [6.45, 7) is 4.46. The van der Waals surface area contributed by atoms with Gasteiger partial charge in [0.15, 0.2) is 0 Å². The van der Waals surface area contributed by atoms with Gasteiger partial charge in [-0.15, -0.1) is 0 Å². The van der Waals surface area contributed by atoms with Gasteiger partial charge in [0.1, 0.15) is 11.7 Å². The molecule has 0 bridgehead atoms. The summed E-state index contributed by atoms with van der Waals surface area (Å²) in [4.78, 5) is 30.5. The summed E-state index contributed by atoms with van der Waals surface area (Å²) in [5.41, 5.74) is 1.17. The first kappa shape index (κ1) is 15.2. The van der Waals surface area contributed by atoms with Gasteiger partial charge in [0.25, 0.3) is 0 Å². The van der Waals surface area contributed by atoms with E-state index in [1.54, 1.807) is 19.2 Å². The van der Waals surface area contributed by atoms with E-state index in [9.17, 15) is 9.59 Å². The summed E-state index contributed by atoms with van der Waals surface area (Å²) >= 11 is 0. The molecule has 1 aliphatic heterocycles. The van der Waals surface area contributed by atoms with Crippen LogP contribution in [-0.2, 0) is 9.53 Å². The lowest BCUT2D eigenvalue weighted by Gasteiger charge is -2.37. The average Bonchev–Trinajstić information content (AvgIpc) is 2.53. The van der Waals surface area contributed by atoms with E-state index in [4.69, 9.17) is 5.11 Å². The fraction of sp³-hybridized carbons (Fsp3) is 0.500. The van der Waals surface area contributed by atoms with Crippen LogP contribution in [0.4, 0.5) is 5.69 Å². The zero-order chi connectivity index (χ0) is 15.4. The molecule has 0 spiro atoms. The van der Waals surface area contributed by atoms with Gasteiger partial charge in [-0.1, -0.05) is 0 Å². The Bertz CT molecular complexity index is 527. The van der Waals surface area contributed by atoms with E-state index in [0.29, 0.717) is 26.2 Å². The van der Waals surface area contributed by atoms with E-state index in [1.165, 1.54) is 7.11 Å². The topological polar surface area (TPSA) is 83.0 Å². The van der Waals surface area contributed by atoms with Crippen molar-refractivity contribution in [2.45, 2.75) is 13.0 Å². The van der Waals surface area contributed by atoms with Gasteiger partial charge in [0.2, 0.25) is 0 Å². The van der Waals surface area contributed by atoms with Crippen molar-refractivity contribution in [3.8, 4) is 0 Å². The van der Waals surface area contributed by atoms with Crippen molar-refractivity contribution in [2.75, 3.05) is 38.2 Å². The molecule has 2 rings (SSSR count). The molecule has 7 heteroatoms. The smallest absolute Gasteiger partial charge is 0.356 e. The zero-order valence-corrected chi connectivity index (χ0v) is 12.2. The largest absolute Gasteiger partial charge is 0.480 e. The molecule has 1 fully saturated rings. The number of ether oxygens (including phenoxy) is 1. The van der Waals surface area contributed by atoms with Crippen molar-refractivity contribution in [1.29, 1.82) is 0 Å². The van der Waals surface area contributed by atoms with Crippen LogP contribution in [0, 0.1) is 0 Å². The fourth-order valence-electron chi connectivity index (χ4n) is 2.36. The molecular formula is C14H19N3O4. The van der Waals surface area contributed by atoms with Crippen molar-refractivity contribution in [2.24, 2.45) is 0 Å². The van der Waals surface area contributed by atoms with Crippen molar-refractivity contribution in [3.63, 3.8) is 0 Å². The third-order valence-corrected chi connectivity index (χ3v) is 3.72. The molecule has 0 radical (unpaired) electrons. The van der Waals surface area contributed by atoms with Gasteiger partial charge in [0.05, 0.1) is 7.11 Å². The van der Waals surface area contributed by atoms with E-state index in [1.807, 2.05) is 11.0 Å². The van der Waals surface area contributed by atoms with Crippen LogP contribution >= 0.6 is 0 Å². The Morgan fingerprint density at radius 3 is 2.57 bits per heavy atom. The van der Waals surface area contributed by atoms with Gasteiger partial charge in [0, 0.05) is 38.1 Å². The van der Waals surface area contributed by atoms with Crippen LogP contribution in [0.5, 0.6) is 0 Å². The second kappa shape index (κ2) is 6.53. The predicted octanol–water partition coefficient (Wildman–Crippen LogP) is 0.463. The Morgan fingerprint density at radius 2 is 2.00 bits per heavy atom. The van der Waals surface area contributed by atoms with E-state index >= 15 is 0 Å². The normalized spacial score (nSPS) is 17.3. The molecule has 1 saturated heterocycles. The number of aromatic nitrogens is 1. The number of anilines is 1. The molecule has 0 amide bonds. The number of esters is 1. The minimum atomic E-state index is -0.805. The minimum absolute atomic E-state index is 0.274. The number of pyridine rings is 1. The quantitative estimate of drug-likeness (QED) is 0.808. The first-order valence-electron chi connectivity index (χ1n) is 6.79. The number of methoxy groups -OCH3 is 1. The summed E-state index contributed by atoms with van der Waals surface area (Å²) in [5, 5.41) is 9.03. The number of hydrogen-bond acceptors (Lipinski definition) is 6. The van der Waals surface area contributed by atoms with E-state index in [2.05, 4.69) is 14.6 Å². The standard InChI is InChI=1S/C14H19N3O4/c1-10(13(18)19)16-5-7-17(8-6-16)11-3-4-15-12(9-11)14(20)21-2/h3-4,9-10H,5-8H2,1-2H3,(H,18,19). The molecule has 1 aromatic rings. The van der Waals surface area contributed by atoms with E-state index in [-0.39, 0.29) is 5.69 Å². The second-order valence-corrected chi connectivity index (χ2v) is 4.93. The lowest BCUT2D eigenvalue weighted by Crippen LogP contribution is -2.51. The molecule has 0 aliphatic carbocycles. The van der Waals surface area contributed by atoms with Gasteiger partial charge < -0.3 is 14.7 Å². The van der Waals surface area contributed by atoms with Gasteiger partial charge in [-0.3, -0.25) is 9.69 Å². The number of carboxylic acid groups (broad SMARTS) is 1. The number of nitrogens with zero attached hydrogens (tertiary/aromatic N) is 3. The van der Waals surface area contributed by atoms with Crippen LogP contribution in [0.15, 0.2) is 18.3 Å². The number of rotatable bonds is 4. The molecular weight excluding hydrogens is 274 g/mol. The van der Waals surface area contributed by atoms with Gasteiger partial charge in [-0.2, -0.15) is 0 Å². The molecule has 1 aliphatic rings. The maximum Gasteiger partial charge on any atom is 0.356 e. The van der Waals surface area contributed by atoms with Crippen LogP contribution in [0.25, 0.3) is 0 Å². The number of carbonyl (C=O) groups is 2. The number of carbonyl (C=O) groups excluding carboxylic acids is 1. The van der Waals surface area contributed by atoms with Crippen LogP contribution in [0.3, 0.4) is 0 Å². The van der Waals surface area contributed by atoms with E-state index < -0.39 is 18.0 Å². The predicted molar refractivity (Wildman–Crippen MR) is 76.5 cm³/mol. The molecule has 1 atom stereocenters. The van der Waals surface area contributed by atoms with Crippen LogP contribution < -0.4 is 4.90 Å². The van der Waals surface area contributed by atoms with Crippen molar-refractivity contribution < 1.29 is 19.4 Å². The van der Waals surface area contributed by atoms with Crippen LogP contribution in [-0.4, -0.2) is 66.3 Å². The number of carboxylic acids is 1. The van der Waals surface area contributed by atoms with Gasteiger partial charge in [-0.05, 0) is 19.1 Å². The van der Waals surface area contributed by atoms with Crippen molar-refractivity contribution >= 4 is 17.6 Å². The lowest BCUT2D eigenvalue weighted by atomic mass is 10.2. The van der Waals surface area contributed by atoms with Gasteiger partial charge >= 0.3 is 11.9 Å². The zero-order valence-electron chi connectivity index (χ0n) is 12.2. The molecule has 1 N–H and O–H groups in total. The summed E-state index contributed by atoms with van der Waals surface area (Å²) in [7, 11) is 1.32. The first-order valence-corrected chi connectivity index (χ1v) is 6.79. The number of aliphatic carboxylic acids is 1. The highest BCUT2D eigenvalue weighted by atomic mass is 16.5. The SMILES string of the molecule is COC(=O)c1cc(N2CCN(C(C)C(=O)O)CC2)ccn1. The summed E-state index contributed by atoms with van der Waals surface area (Å²) in [6.07, 6.45) is 1.58. The molecule has 2 heterocycles. The molecule has 0 saturated carbocycles. The average molecular weight is 293 g/mol. The van der Waals surface area contributed by atoms with Gasteiger partial charge in [-0.25, -0.2) is 9.78 Å². The Morgan fingerprint density at radius 1 is 1.33 bits per heavy atom. The lowest BCUT2D eigenvalue weighted by molar-refractivity contribution is -0.142. The van der Waals surface area contributed by atoms with Crippen LogP contribution in [0.1, 0.15) is 17.4 Å². The highest BCUT2D eigenvalue weighted by Gasteiger charge is 2.25. The Hall–Kier alpha value is -2.15. The first-order chi connectivity index (χ1) is 10.0. The summed E-state index contributed by atoms with van der Waals surface area (Å²) in [6, 6.07) is 3.06. The number of piperazine rings is 1. The minimum Gasteiger partial charge on any atom is -0.480 e. The number of hydrogen-bond donors (Lipinski definition) is 1. The van der Waals surface area contributed by atoms with Crippen LogP contribution in [0.2, 0.25) is 0 Å². The molecule has 1 aromatic heterocycles. The maximum atomic E-state index is 11.5. The summed E-state index contributed by atoms with van der Waals surface area (Å²) in [5.74, 6) is -1.27. The van der Waals surface area contributed by atoms with Crippen molar-refractivity contribution in [3.05, 3.63) is 24.0 Å². The summed E-state index contributed by atoms with van der Waals surface area (Å²) < 4.78 is 4.66. The Kier molecular flexibility index (Phi) is 4.74. The Labute approximate surface area is 123 Å². The third kappa shape index (κ3) is 3.49. The second-order valence-electron chi connectivity index (χ2n) is 4.93. The highest BCUT2D eigenvalue weighted by Crippen LogP contribution is 2.18. The monoisotopic (exact) mass is 293 g/mol. The molecule has 21 heavy (non-hydrogen) atoms. The maximum absolute atomic E-state index is 11.5. The highest BCUT2D eigenvalue weighted by molar-refractivity contribution is 5.88.